The lowest BCUT2D eigenvalue weighted by molar-refractivity contribution is -0.148. The molecule has 0 aromatic heterocycles. The second-order valence-electron chi connectivity index (χ2n) is 6.69. The fourth-order valence-corrected chi connectivity index (χ4v) is 2.91. The largest absolute Gasteiger partial charge is 0.481 e. The topological polar surface area (TPSA) is 69.6 Å². The maximum absolute atomic E-state index is 12.0. The number of amides is 2. The number of rotatable bonds is 4. The Kier molecular flexibility index (Phi) is 3.49. The van der Waals surface area contributed by atoms with Crippen LogP contribution in [0.1, 0.15) is 40.0 Å². The molecule has 1 aliphatic heterocycles. The van der Waals surface area contributed by atoms with Crippen LogP contribution in [0.2, 0.25) is 0 Å². The summed E-state index contributed by atoms with van der Waals surface area (Å²) in [6, 6.07) is -0.112. The number of hydrogen-bond donors (Lipinski definition) is 2. The summed E-state index contributed by atoms with van der Waals surface area (Å²) < 4.78 is 0. The van der Waals surface area contributed by atoms with Gasteiger partial charge in [0.2, 0.25) is 0 Å². The number of carboxylic acids is 1. The number of carboxylic acid groups (broad SMARTS) is 1. The number of urea groups is 1. The van der Waals surface area contributed by atoms with Gasteiger partial charge in [-0.05, 0) is 30.6 Å². The van der Waals surface area contributed by atoms with Crippen LogP contribution in [-0.4, -0.2) is 41.6 Å². The first-order valence-electron chi connectivity index (χ1n) is 7.07. The third-order valence-electron chi connectivity index (χ3n) is 4.99. The minimum absolute atomic E-state index is 0.112. The highest BCUT2D eigenvalue weighted by molar-refractivity contribution is 5.79. The number of nitrogens with zero attached hydrogens (tertiary/aromatic N) is 1. The predicted octanol–water partition coefficient (Wildman–Crippen LogP) is 1.93. The van der Waals surface area contributed by atoms with Crippen LogP contribution in [0.25, 0.3) is 0 Å². The number of aliphatic carboxylic acids is 1. The number of carbonyl (C=O) groups excluding carboxylic acids is 1. The van der Waals surface area contributed by atoms with Crippen molar-refractivity contribution in [1.29, 1.82) is 0 Å². The average Bonchev–Trinajstić information content (AvgIpc) is 2.79. The van der Waals surface area contributed by atoms with Gasteiger partial charge in [-0.25, -0.2) is 4.79 Å². The van der Waals surface area contributed by atoms with Crippen molar-refractivity contribution in [2.75, 3.05) is 19.6 Å². The van der Waals surface area contributed by atoms with Crippen LogP contribution in [0.4, 0.5) is 4.79 Å². The smallest absolute Gasteiger partial charge is 0.317 e. The fraction of sp³-hybridized carbons (Fsp3) is 0.857. The van der Waals surface area contributed by atoms with Gasteiger partial charge in [-0.3, -0.25) is 4.79 Å². The Bertz CT molecular complexity index is 394. The molecule has 5 nitrogen and oxygen atoms in total. The summed E-state index contributed by atoms with van der Waals surface area (Å²) in [4.78, 5) is 25.0. The molecule has 1 saturated heterocycles. The van der Waals surface area contributed by atoms with Crippen LogP contribution in [0.5, 0.6) is 0 Å². The Morgan fingerprint density at radius 1 is 1.42 bits per heavy atom. The molecule has 0 aromatic rings. The highest BCUT2D eigenvalue weighted by atomic mass is 16.4. The van der Waals surface area contributed by atoms with E-state index in [1.165, 1.54) is 0 Å². The summed E-state index contributed by atoms with van der Waals surface area (Å²) in [7, 11) is 0. The van der Waals surface area contributed by atoms with Crippen molar-refractivity contribution in [2.45, 2.75) is 40.0 Å². The molecule has 0 radical (unpaired) electrons. The quantitative estimate of drug-likeness (QED) is 0.818. The molecule has 0 spiro atoms. The second kappa shape index (κ2) is 4.69. The average molecular weight is 268 g/mol. The van der Waals surface area contributed by atoms with Gasteiger partial charge in [0.25, 0.3) is 0 Å². The molecule has 2 rings (SSSR count). The third-order valence-corrected chi connectivity index (χ3v) is 4.99. The van der Waals surface area contributed by atoms with Crippen molar-refractivity contribution in [3.63, 3.8) is 0 Å². The van der Waals surface area contributed by atoms with Crippen LogP contribution in [0.15, 0.2) is 0 Å². The van der Waals surface area contributed by atoms with Crippen molar-refractivity contribution >= 4 is 12.0 Å². The molecule has 1 saturated carbocycles. The minimum atomic E-state index is -0.784. The zero-order valence-corrected chi connectivity index (χ0v) is 12.0. The third kappa shape index (κ3) is 2.69. The number of hydrogen-bond acceptors (Lipinski definition) is 2. The summed E-state index contributed by atoms with van der Waals surface area (Å²) in [5.41, 5.74) is -0.386. The molecule has 2 fully saturated rings. The van der Waals surface area contributed by atoms with Gasteiger partial charge in [0.15, 0.2) is 0 Å². The van der Waals surface area contributed by atoms with Crippen molar-refractivity contribution in [3.8, 4) is 0 Å². The maximum Gasteiger partial charge on any atom is 0.317 e. The monoisotopic (exact) mass is 268 g/mol. The Morgan fingerprint density at radius 3 is 2.47 bits per heavy atom. The molecular weight excluding hydrogens is 244 g/mol. The standard InChI is InChI=1S/C14H24N2O3/c1-4-14(11(17)18)5-6-16(9-14)12(19)15-8-10-7-13(10,2)3/h10H,4-9H2,1-3H3,(H,15,19)(H,17,18). The summed E-state index contributed by atoms with van der Waals surface area (Å²) in [6.07, 6.45) is 2.28. The Balaban J connectivity index is 1.83. The molecule has 0 bridgehead atoms. The first-order valence-corrected chi connectivity index (χ1v) is 7.07. The van der Waals surface area contributed by atoms with Gasteiger partial charge < -0.3 is 15.3 Å². The van der Waals surface area contributed by atoms with E-state index in [2.05, 4.69) is 19.2 Å². The van der Waals surface area contributed by atoms with E-state index in [0.29, 0.717) is 43.8 Å². The van der Waals surface area contributed by atoms with Gasteiger partial charge in [-0.2, -0.15) is 0 Å². The maximum atomic E-state index is 12.0. The van der Waals surface area contributed by atoms with Crippen molar-refractivity contribution < 1.29 is 14.7 Å². The van der Waals surface area contributed by atoms with E-state index in [0.717, 1.165) is 6.42 Å². The molecule has 2 N–H and O–H groups in total. The van der Waals surface area contributed by atoms with E-state index in [9.17, 15) is 14.7 Å². The molecule has 5 heteroatoms. The van der Waals surface area contributed by atoms with Crippen LogP contribution < -0.4 is 5.32 Å². The second-order valence-corrected chi connectivity index (χ2v) is 6.69. The lowest BCUT2D eigenvalue weighted by Gasteiger charge is -2.23. The lowest BCUT2D eigenvalue weighted by atomic mass is 9.84. The summed E-state index contributed by atoms with van der Waals surface area (Å²) >= 11 is 0. The van der Waals surface area contributed by atoms with Crippen LogP contribution >= 0.6 is 0 Å². The first-order chi connectivity index (χ1) is 8.81. The van der Waals surface area contributed by atoms with Gasteiger partial charge in [0.1, 0.15) is 0 Å². The van der Waals surface area contributed by atoms with E-state index in [1.54, 1.807) is 4.90 Å². The molecule has 108 valence electrons. The number of nitrogens with one attached hydrogen (secondary N) is 1. The molecule has 1 aliphatic carbocycles. The zero-order valence-electron chi connectivity index (χ0n) is 12.0. The Labute approximate surface area is 114 Å². The normalized spacial score (nSPS) is 32.2. The van der Waals surface area contributed by atoms with Gasteiger partial charge >= 0.3 is 12.0 Å². The van der Waals surface area contributed by atoms with E-state index in [-0.39, 0.29) is 6.03 Å². The molecular formula is C14H24N2O3. The van der Waals surface area contributed by atoms with Crippen LogP contribution in [0, 0.1) is 16.7 Å². The highest BCUT2D eigenvalue weighted by Gasteiger charge is 2.47. The number of likely N-dealkylation sites (tertiary alicyclic amines) is 1. The molecule has 2 amide bonds. The summed E-state index contributed by atoms with van der Waals surface area (Å²) in [5.74, 6) is -0.219. The number of carbonyl (C=O) groups is 2. The van der Waals surface area contributed by atoms with Crippen LogP contribution in [0.3, 0.4) is 0 Å². The van der Waals surface area contributed by atoms with Gasteiger partial charge in [0.05, 0.1) is 5.41 Å². The Hall–Kier alpha value is -1.26. The van der Waals surface area contributed by atoms with Crippen LogP contribution in [-0.2, 0) is 4.79 Å². The lowest BCUT2D eigenvalue weighted by Crippen LogP contribution is -2.42. The molecule has 2 aliphatic rings. The first kappa shape index (κ1) is 14.2. The fourth-order valence-electron chi connectivity index (χ4n) is 2.91. The summed E-state index contributed by atoms with van der Waals surface area (Å²) in [6.45, 7) is 7.86. The Morgan fingerprint density at radius 2 is 2.05 bits per heavy atom. The molecule has 19 heavy (non-hydrogen) atoms. The van der Waals surface area contributed by atoms with E-state index >= 15 is 0 Å². The molecule has 1 heterocycles. The van der Waals surface area contributed by atoms with Crippen molar-refractivity contribution in [3.05, 3.63) is 0 Å². The molecule has 2 atom stereocenters. The van der Waals surface area contributed by atoms with Gasteiger partial charge in [0, 0.05) is 19.6 Å². The van der Waals surface area contributed by atoms with Gasteiger partial charge in [-0.15, -0.1) is 0 Å². The van der Waals surface area contributed by atoms with E-state index in [1.807, 2.05) is 6.92 Å². The van der Waals surface area contributed by atoms with Gasteiger partial charge in [-0.1, -0.05) is 20.8 Å². The van der Waals surface area contributed by atoms with Crippen molar-refractivity contribution in [1.82, 2.24) is 10.2 Å². The predicted molar refractivity (Wildman–Crippen MR) is 71.8 cm³/mol. The SMILES string of the molecule is CCC1(C(=O)O)CCN(C(=O)NCC2CC2(C)C)C1. The summed E-state index contributed by atoms with van der Waals surface area (Å²) in [5, 5.41) is 12.2. The molecule has 2 unspecified atom stereocenters. The molecule has 0 aromatic carbocycles. The highest BCUT2D eigenvalue weighted by Crippen LogP contribution is 2.51. The minimum Gasteiger partial charge on any atom is -0.481 e. The van der Waals surface area contributed by atoms with E-state index in [4.69, 9.17) is 0 Å². The van der Waals surface area contributed by atoms with E-state index < -0.39 is 11.4 Å². The van der Waals surface area contributed by atoms with Crippen molar-refractivity contribution in [2.24, 2.45) is 16.7 Å². The zero-order chi connectivity index (χ0) is 14.3.